The van der Waals surface area contributed by atoms with Crippen LogP contribution in [0.3, 0.4) is 0 Å². The third kappa shape index (κ3) is 3.40. The predicted molar refractivity (Wildman–Crippen MR) is 128 cm³/mol. The lowest BCUT2D eigenvalue weighted by Gasteiger charge is -2.18. The van der Waals surface area contributed by atoms with Gasteiger partial charge < -0.3 is 14.1 Å². The van der Waals surface area contributed by atoms with Crippen molar-refractivity contribution in [2.45, 2.75) is 45.4 Å². The molecule has 0 radical (unpaired) electrons. The first kappa shape index (κ1) is 20.5. The van der Waals surface area contributed by atoms with Crippen molar-refractivity contribution in [3.8, 4) is 22.4 Å². The molecule has 0 aliphatic heterocycles. The van der Waals surface area contributed by atoms with E-state index in [1.165, 1.54) is 18.4 Å². The van der Waals surface area contributed by atoms with Gasteiger partial charge in [0.1, 0.15) is 5.52 Å². The Labute approximate surface area is 186 Å². The van der Waals surface area contributed by atoms with Gasteiger partial charge in [0, 0.05) is 66.2 Å². The lowest BCUT2D eigenvalue weighted by atomic mass is 9.90. The third-order valence-corrected chi connectivity index (χ3v) is 6.70. The quantitative estimate of drug-likeness (QED) is 0.520. The van der Waals surface area contributed by atoms with Crippen molar-refractivity contribution in [3.05, 3.63) is 74.3 Å². The van der Waals surface area contributed by atoms with Gasteiger partial charge in [-0.25, -0.2) is 0 Å². The number of nitrogens with one attached hydrogen (secondary N) is 1. The molecule has 164 valence electrons. The van der Waals surface area contributed by atoms with Gasteiger partial charge in [-0.15, -0.1) is 0 Å². The fraction of sp³-hybridized carbons (Fsp3) is 0.346. The second-order valence-electron chi connectivity index (χ2n) is 9.14. The maximum absolute atomic E-state index is 13.0. The Bertz CT molecular complexity index is 1450. The molecule has 1 saturated carbocycles. The van der Waals surface area contributed by atoms with E-state index in [9.17, 15) is 9.59 Å². The van der Waals surface area contributed by atoms with Crippen LogP contribution in [0.4, 0.5) is 0 Å². The Hall–Kier alpha value is -3.41. The zero-order valence-corrected chi connectivity index (χ0v) is 19.0. The van der Waals surface area contributed by atoms with Crippen molar-refractivity contribution in [2.75, 3.05) is 0 Å². The molecular formula is C26H28N4O2. The summed E-state index contributed by atoms with van der Waals surface area (Å²) in [7, 11) is 3.58. The van der Waals surface area contributed by atoms with Gasteiger partial charge in [0.2, 0.25) is 0 Å². The van der Waals surface area contributed by atoms with Crippen LogP contribution in [-0.2, 0) is 14.1 Å². The minimum absolute atomic E-state index is 0.0418. The molecule has 0 saturated heterocycles. The summed E-state index contributed by atoms with van der Waals surface area (Å²) in [5, 5.41) is 0.850. The van der Waals surface area contributed by atoms with E-state index in [2.05, 4.69) is 9.97 Å². The van der Waals surface area contributed by atoms with Gasteiger partial charge in [-0.1, -0.05) is 12.8 Å². The van der Waals surface area contributed by atoms with Crippen LogP contribution in [0.5, 0.6) is 0 Å². The first-order valence-corrected chi connectivity index (χ1v) is 11.2. The van der Waals surface area contributed by atoms with Crippen LogP contribution >= 0.6 is 0 Å². The number of H-pyrrole nitrogens is 1. The Kier molecular flexibility index (Phi) is 4.88. The molecule has 1 aliphatic carbocycles. The highest BCUT2D eigenvalue weighted by molar-refractivity contribution is 5.98. The number of hydrogen-bond donors (Lipinski definition) is 1. The Morgan fingerprint density at radius 3 is 2.28 bits per heavy atom. The van der Waals surface area contributed by atoms with Crippen LogP contribution in [-0.4, -0.2) is 19.1 Å². The van der Waals surface area contributed by atoms with Crippen LogP contribution in [0.25, 0.3) is 33.3 Å². The molecule has 4 heterocycles. The molecule has 4 aromatic rings. The van der Waals surface area contributed by atoms with E-state index in [-0.39, 0.29) is 11.1 Å². The molecule has 0 spiro atoms. The maximum Gasteiger partial charge on any atom is 0.274 e. The van der Waals surface area contributed by atoms with Crippen LogP contribution in [0.2, 0.25) is 0 Å². The SMILES string of the molecule is Cc1cc(-c2cc3c(-c4cc(=O)n(C)cc4C4CCCC4)cn(C)c(=O)c3[nH]2)cc(C)n1. The first-order chi connectivity index (χ1) is 15.3. The standard InChI is InChI=1S/C26H28N4O2/c1-15-9-18(10-16(2)27-15)23-11-20-22(14-30(4)26(32)25(20)28-23)19-12-24(31)29(3)13-21(19)17-7-5-6-8-17/h9-14,17,28H,5-8H2,1-4H3. The monoisotopic (exact) mass is 428 g/mol. The second-order valence-corrected chi connectivity index (χ2v) is 9.14. The van der Waals surface area contributed by atoms with Gasteiger partial charge in [-0.05, 0) is 61.9 Å². The molecule has 0 aromatic carbocycles. The average Bonchev–Trinajstić information content (AvgIpc) is 3.42. The van der Waals surface area contributed by atoms with E-state index >= 15 is 0 Å². The molecule has 32 heavy (non-hydrogen) atoms. The van der Waals surface area contributed by atoms with Crippen molar-refractivity contribution >= 4 is 10.9 Å². The highest BCUT2D eigenvalue weighted by Crippen LogP contribution is 2.40. The number of hydrogen-bond acceptors (Lipinski definition) is 3. The lowest BCUT2D eigenvalue weighted by Crippen LogP contribution is -2.19. The smallest absolute Gasteiger partial charge is 0.274 e. The largest absolute Gasteiger partial charge is 0.350 e. The van der Waals surface area contributed by atoms with E-state index < -0.39 is 0 Å². The highest BCUT2D eigenvalue weighted by atomic mass is 16.1. The fourth-order valence-corrected chi connectivity index (χ4v) is 5.14. The van der Waals surface area contributed by atoms with Gasteiger partial charge in [0.05, 0.1) is 0 Å². The number of rotatable bonds is 3. The Balaban J connectivity index is 1.80. The molecule has 6 heteroatoms. The Morgan fingerprint density at radius 1 is 0.906 bits per heavy atom. The van der Waals surface area contributed by atoms with Gasteiger partial charge in [-0.2, -0.15) is 0 Å². The van der Waals surface area contributed by atoms with Crippen LogP contribution in [0.15, 0.2) is 46.2 Å². The number of aromatic amines is 1. The molecule has 6 nitrogen and oxygen atoms in total. The third-order valence-electron chi connectivity index (χ3n) is 6.70. The summed E-state index contributed by atoms with van der Waals surface area (Å²) >= 11 is 0. The normalized spacial score (nSPS) is 14.5. The van der Waals surface area contributed by atoms with Gasteiger partial charge in [-0.3, -0.25) is 14.6 Å². The van der Waals surface area contributed by atoms with Crippen molar-refractivity contribution in [3.63, 3.8) is 0 Å². The van der Waals surface area contributed by atoms with Crippen molar-refractivity contribution in [2.24, 2.45) is 14.1 Å². The molecule has 0 amide bonds. The zero-order chi connectivity index (χ0) is 22.6. The lowest BCUT2D eigenvalue weighted by molar-refractivity contribution is 0.705. The van der Waals surface area contributed by atoms with E-state index in [1.807, 2.05) is 51.5 Å². The zero-order valence-electron chi connectivity index (χ0n) is 19.0. The topological polar surface area (TPSA) is 72.7 Å². The molecular weight excluding hydrogens is 400 g/mol. The van der Waals surface area contributed by atoms with Crippen molar-refractivity contribution < 1.29 is 0 Å². The summed E-state index contributed by atoms with van der Waals surface area (Å²) in [6.45, 7) is 3.94. The summed E-state index contributed by atoms with van der Waals surface area (Å²) in [4.78, 5) is 33.5. The van der Waals surface area contributed by atoms with Gasteiger partial charge in [0.15, 0.2) is 0 Å². The van der Waals surface area contributed by atoms with Gasteiger partial charge in [0.25, 0.3) is 11.1 Å². The number of nitrogens with zero attached hydrogens (tertiary/aromatic N) is 3. The highest BCUT2D eigenvalue weighted by Gasteiger charge is 2.24. The van der Waals surface area contributed by atoms with E-state index in [4.69, 9.17) is 0 Å². The molecule has 1 fully saturated rings. The first-order valence-electron chi connectivity index (χ1n) is 11.2. The summed E-state index contributed by atoms with van der Waals surface area (Å²) in [6, 6.07) is 7.81. The number of aryl methyl sites for hydroxylation is 4. The minimum atomic E-state index is -0.0799. The number of fused-ring (bicyclic) bond motifs is 1. The molecule has 4 aromatic heterocycles. The summed E-state index contributed by atoms with van der Waals surface area (Å²) in [5.74, 6) is 0.438. The fourth-order valence-electron chi connectivity index (χ4n) is 5.14. The maximum atomic E-state index is 13.0. The average molecular weight is 429 g/mol. The van der Waals surface area contributed by atoms with Crippen LogP contribution < -0.4 is 11.1 Å². The van der Waals surface area contributed by atoms with E-state index in [1.54, 1.807) is 22.2 Å². The summed E-state index contributed by atoms with van der Waals surface area (Å²) < 4.78 is 3.28. The molecule has 5 rings (SSSR count). The van der Waals surface area contributed by atoms with E-state index in [0.717, 1.165) is 52.0 Å². The molecule has 1 N–H and O–H groups in total. The van der Waals surface area contributed by atoms with Crippen LogP contribution in [0.1, 0.15) is 48.6 Å². The Morgan fingerprint density at radius 2 is 1.59 bits per heavy atom. The summed E-state index contributed by atoms with van der Waals surface area (Å²) in [6.07, 6.45) is 8.56. The number of aromatic nitrogens is 4. The van der Waals surface area contributed by atoms with Gasteiger partial charge >= 0.3 is 0 Å². The molecule has 0 bridgehead atoms. The van der Waals surface area contributed by atoms with E-state index in [0.29, 0.717) is 11.4 Å². The molecule has 1 aliphatic rings. The minimum Gasteiger partial charge on any atom is -0.350 e. The summed E-state index contributed by atoms with van der Waals surface area (Å²) in [5.41, 5.74) is 7.24. The van der Waals surface area contributed by atoms with Crippen LogP contribution in [0, 0.1) is 13.8 Å². The second kappa shape index (κ2) is 7.62. The van der Waals surface area contributed by atoms with Crippen molar-refractivity contribution in [1.29, 1.82) is 0 Å². The number of pyridine rings is 3. The molecule has 0 atom stereocenters. The predicted octanol–water partition coefficient (Wildman–Crippen LogP) is 4.57. The molecule has 0 unspecified atom stereocenters. The van der Waals surface area contributed by atoms with Crippen molar-refractivity contribution in [1.82, 2.24) is 19.1 Å².